The second-order valence-electron chi connectivity index (χ2n) is 20.9. The Labute approximate surface area is 453 Å². The van der Waals surface area contributed by atoms with Gasteiger partial charge in [-0.1, -0.05) is 170 Å². The number of hydrogen-bond acceptors (Lipinski definition) is 15. The molecule has 1 heterocycles. The van der Waals surface area contributed by atoms with Crippen molar-refractivity contribution in [3.05, 3.63) is 0 Å². The van der Waals surface area contributed by atoms with Crippen LogP contribution in [0.5, 0.6) is 0 Å². The van der Waals surface area contributed by atoms with Crippen molar-refractivity contribution >= 4 is 41.9 Å². The molecule has 0 aromatic heterocycles. The largest absolute Gasteiger partial charge is 0.465 e. The molecule has 0 N–H and O–H groups in total. The average Bonchev–Trinajstić information content (AvgIpc) is 3.78. The van der Waals surface area contributed by atoms with Crippen LogP contribution in [0.25, 0.3) is 0 Å². The van der Waals surface area contributed by atoms with Crippen LogP contribution >= 0.6 is 0 Å². The van der Waals surface area contributed by atoms with E-state index in [0.29, 0.717) is 32.2 Å². The molecule has 1 aliphatic rings. The minimum atomic E-state index is -1.10. The first-order valence-corrected chi connectivity index (χ1v) is 30.0. The highest BCUT2D eigenvalue weighted by Crippen LogP contribution is 2.23. The molecule has 0 aliphatic carbocycles. The topological polar surface area (TPSA) is 191 Å². The molecule has 436 valence electrons. The third-order valence-electron chi connectivity index (χ3n) is 13.5. The summed E-state index contributed by atoms with van der Waals surface area (Å²) in [6, 6.07) is 0. The molecule has 0 aromatic carbocycles. The van der Waals surface area contributed by atoms with Gasteiger partial charge in [0.1, 0.15) is 6.61 Å². The summed E-state index contributed by atoms with van der Waals surface area (Å²) in [5, 5.41) is 0. The van der Waals surface area contributed by atoms with Crippen LogP contribution in [-0.2, 0) is 61.9 Å². The van der Waals surface area contributed by atoms with Gasteiger partial charge in [0.25, 0.3) is 0 Å². The zero-order valence-corrected chi connectivity index (χ0v) is 48.1. The van der Waals surface area contributed by atoms with E-state index in [0.717, 1.165) is 154 Å². The summed E-state index contributed by atoms with van der Waals surface area (Å²) in [7, 11) is 0. The van der Waals surface area contributed by atoms with Crippen molar-refractivity contribution < 1.29 is 66.7 Å². The lowest BCUT2D eigenvalue weighted by atomic mass is 10.1. The van der Waals surface area contributed by atoms with Crippen LogP contribution in [0, 0.1) is 11.8 Å². The van der Waals surface area contributed by atoms with Crippen LogP contribution in [0.1, 0.15) is 247 Å². The monoisotopic (exact) mass is 1070 g/mol. The van der Waals surface area contributed by atoms with Gasteiger partial charge in [0.15, 0.2) is 12.2 Å². The Morgan fingerprint density at radius 2 is 0.667 bits per heavy atom. The van der Waals surface area contributed by atoms with Crippen LogP contribution in [-0.4, -0.2) is 130 Å². The molecule has 1 saturated heterocycles. The van der Waals surface area contributed by atoms with Crippen molar-refractivity contribution in [1.82, 2.24) is 9.80 Å². The van der Waals surface area contributed by atoms with E-state index in [-0.39, 0.29) is 84.6 Å². The maximum absolute atomic E-state index is 13.8. The molecule has 75 heavy (non-hydrogen) atoms. The van der Waals surface area contributed by atoms with Crippen molar-refractivity contribution in [2.45, 2.75) is 259 Å². The lowest BCUT2D eigenvalue weighted by molar-refractivity contribution is -0.167. The maximum atomic E-state index is 13.8. The molecule has 1 amide bonds. The van der Waals surface area contributed by atoms with Gasteiger partial charge in [-0.25, -0.2) is 4.79 Å². The molecule has 1 aliphatic heterocycles. The summed E-state index contributed by atoms with van der Waals surface area (Å²) >= 11 is 0. The summed E-state index contributed by atoms with van der Waals surface area (Å²) in [4.78, 5) is 96.0. The van der Waals surface area contributed by atoms with Crippen LogP contribution in [0.3, 0.4) is 0 Å². The highest BCUT2D eigenvalue weighted by molar-refractivity contribution is 5.74. The quantitative estimate of drug-likeness (QED) is 0.0317. The fraction of sp³-hybridized carbons (Fsp3) is 0.881. The lowest BCUT2D eigenvalue weighted by Gasteiger charge is -2.22. The molecule has 0 unspecified atom stereocenters. The number of rotatable bonds is 49. The Hall–Kier alpha value is -3.95. The van der Waals surface area contributed by atoms with E-state index in [2.05, 4.69) is 46.4 Å². The van der Waals surface area contributed by atoms with Crippen LogP contribution < -0.4 is 0 Å². The molecule has 16 nitrogen and oxygen atoms in total. The van der Waals surface area contributed by atoms with E-state index in [4.69, 9.17) is 33.2 Å². The highest BCUT2D eigenvalue weighted by atomic mass is 16.6. The summed E-state index contributed by atoms with van der Waals surface area (Å²) in [6.45, 7) is 14.3. The molecule has 2 atom stereocenters. The third-order valence-corrected chi connectivity index (χ3v) is 13.5. The van der Waals surface area contributed by atoms with Gasteiger partial charge in [-0.3, -0.25) is 33.7 Å². The van der Waals surface area contributed by atoms with Gasteiger partial charge in [0, 0.05) is 44.1 Å². The number of ether oxygens (including phenoxy) is 7. The summed E-state index contributed by atoms with van der Waals surface area (Å²) in [5.74, 6) is -4.47. The number of hydrogen-bond donors (Lipinski definition) is 0. The Morgan fingerprint density at radius 1 is 0.373 bits per heavy atom. The molecule has 0 spiro atoms. The Kier molecular flexibility index (Phi) is 43.5. The minimum Gasteiger partial charge on any atom is -0.465 e. The van der Waals surface area contributed by atoms with Crippen LogP contribution in [0.2, 0.25) is 0 Å². The SMILES string of the molecule is CCCCCCCCC(=O)OCC(COC(=O)CCCCCCCC)CC(=O)O[C@H]1CN(C(=O)OCCN(CCC)CCC)C[C@@H]1OC(=O)CC(COC(=O)CCCCCCCC)COC(=O)CCCCCCCC. The molecule has 1 fully saturated rings. The van der Waals surface area contributed by atoms with E-state index in [9.17, 15) is 33.6 Å². The Bertz CT molecular complexity index is 1350. The normalized spacial score (nSPS) is 14.3. The number of amides is 1. The first-order chi connectivity index (χ1) is 36.4. The summed E-state index contributed by atoms with van der Waals surface area (Å²) in [5.41, 5.74) is 0. The van der Waals surface area contributed by atoms with Crippen molar-refractivity contribution in [1.29, 1.82) is 0 Å². The van der Waals surface area contributed by atoms with Gasteiger partial charge in [0.05, 0.1) is 52.4 Å². The fourth-order valence-electron chi connectivity index (χ4n) is 9.01. The molecular formula is C59H106N2O14. The summed E-state index contributed by atoms with van der Waals surface area (Å²) in [6.07, 6.45) is 23.6. The van der Waals surface area contributed by atoms with Gasteiger partial charge in [-0.15, -0.1) is 0 Å². The number of carbonyl (C=O) groups excluding carboxylic acids is 7. The van der Waals surface area contributed by atoms with E-state index in [1.54, 1.807) is 0 Å². The highest BCUT2D eigenvalue weighted by Gasteiger charge is 2.42. The Morgan fingerprint density at radius 3 is 0.960 bits per heavy atom. The number of unbranched alkanes of at least 4 members (excludes halogenated alkanes) is 20. The fourth-order valence-corrected chi connectivity index (χ4v) is 9.01. The predicted molar refractivity (Wildman–Crippen MR) is 292 cm³/mol. The number of esters is 6. The zero-order valence-electron chi connectivity index (χ0n) is 48.1. The van der Waals surface area contributed by atoms with Crippen molar-refractivity contribution in [2.75, 3.05) is 65.8 Å². The molecule has 0 radical (unpaired) electrons. The van der Waals surface area contributed by atoms with Gasteiger partial charge in [-0.05, 0) is 51.6 Å². The maximum Gasteiger partial charge on any atom is 0.410 e. The molecule has 0 aromatic rings. The second-order valence-corrected chi connectivity index (χ2v) is 20.9. The first kappa shape index (κ1) is 69.1. The number of nitrogens with zero attached hydrogens (tertiary/aromatic N) is 2. The van der Waals surface area contributed by atoms with Gasteiger partial charge in [0.2, 0.25) is 0 Å². The van der Waals surface area contributed by atoms with E-state index < -0.39 is 66.0 Å². The van der Waals surface area contributed by atoms with Crippen molar-refractivity contribution in [2.24, 2.45) is 11.8 Å². The van der Waals surface area contributed by atoms with Gasteiger partial charge in [-0.2, -0.15) is 0 Å². The zero-order chi connectivity index (χ0) is 55.2. The lowest BCUT2D eigenvalue weighted by Crippen LogP contribution is -2.36. The van der Waals surface area contributed by atoms with Crippen LogP contribution in [0.4, 0.5) is 4.79 Å². The van der Waals surface area contributed by atoms with Crippen LogP contribution in [0.15, 0.2) is 0 Å². The number of carbonyl (C=O) groups is 7. The second kappa shape index (κ2) is 47.3. The average molecular weight is 1070 g/mol. The number of likely N-dealkylation sites (tertiary alicyclic amines) is 1. The van der Waals surface area contributed by atoms with Crippen molar-refractivity contribution in [3.8, 4) is 0 Å². The Balaban J connectivity index is 3.22. The third kappa shape index (κ3) is 38.3. The van der Waals surface area contributed by atoms with Gasteiger partial charge < -0.3 is 38.1 Å². The molecular weight excluding hydrogens is 961 g/mol. The van der Waals surface area contributed by atoms with Gasteiger partial charge >= 0.3 is 41.9 Å². The predicted octanol–water partition coefficient (Wildman–Crippen LogP) is 12.6. The van der Waals surface area contributed by atoms with E-state index >= 15 is 0 Å². The molecule has 16 heteroatoms. The smallest absolute Gasteiger partial charge is 0.410 e. The first-order valence-electron chi connectivity index (χ1n) is 30.0. The summed E-state index contributed by atoms with van der Waals surface area (Å²) < 4.78 is 40.1. The molecule has 1 rings (SSSR count). The van der Waals surface area contributed by atoms with Crippen molar-refractivity contribution in [3.63, 3.8) is 0 Å². The molecule has 0 bridgehead atoms. The van der Waals surface area contributed by atoms with E-state index in [1.165, 1.54) is 4.90 Å². The van der Waals surface area contributed by atoms with E-state index in [1.807, 2.05) is 0 Å². The minimum absolute atomic E-state index is 0.128. The standard InChI is InChI=1S/C59H106N2O14/c1-7-13-17-21-25-29-33-53(62)70-45-49(46-71-54(63)34-30-26-22-18-14-8-2)41-57(66)74-51-43-61(59(68)69-40-39-60(37-11-5)38-12-6)44-52(51)75-58(67)42-50(47-72-55(64)35-31-27-23-19-15-9-3)48-73-56(65)36-32-28-24-20-16-10-4/h49-52H,7-48H2,1-6H3/t51-,52-/m0/s1. The molecule has 0 saturated carbocycles.